The third-order valence-electron chi connectivity index (χ3n) is 2.08. The Labute approximate surface area is 87.9 Å². The highest BCUT2D eigenvalue weighted by atomic mass is 19.4. The van der Waals surface area contributed by atoms with Crippen molar-refractivity contribution in [2.75, 3.05) is 0 Å². The van der Waals surface area contributed by atoms with Crippen LogP contribution in [-0.4, -0.2) is 9.97 Å². The molecule has 0 atom stereocenters. The van der Waals surface area contributed by atoms with Gasteiger partial charge in [0.1, 0.15) is 5.82 Å². The summed E-state index contributed by atoms with van der Waals surface area (Å²) in [5.41, 5.74) is -0.480. The molecule has 84 valence electrons. The Morgan fingerprint density at radius 3 is 2.44 bits per heavy atom. The molecule has 0 unspecified atom stereocenters. The molecule has 2 rings (SSSR count). The molecule has 0 aliphatic carbocycles. The maximum atomic E-state index is 13.2. The minimum absolute atomic E-state index is 0.322. The molecule has 0 bridgehead atoms. The van der Waals surface area contributed by atoms with Crippen LogP contribution in [0.3, 0.4) is 0 Å². The normalized spacial score (nSPS) is 11.8. The molecular weight excluding hydrogens is 224 g/mol. The molecular formula is C10H6F4N2. The van der Waals surface area contributed by atoms with Gasteiger partial charge in [-0.15, -0.1) is 0 Å². The number of hydrogen-bond acceptors (Lipinski definition) is 1. The summed E-state index contributed by atoms with van der Waals surface area (Å²) in [6, 6.07) is 2.74. The van der Waals surface area contributed by atoms with Crippen LogP contribution in [0.25, 0.3) is 11.3 Å². The molecule has 0 spiro atoms. The van der Waals surface area contributed by atoms with Gasteiger partial charge in [-0.2, -0.15) is 13.2 Å². The van der Waals surface area contributed by atoms with E-state index in [-0.39, 0.29) is 0 Å². The maximum Gasteiger partial charge on any atom is 0.419 e. The van der Waals surface area contributed by atoms with E-state index < -0.39 is 17.6 Å². The molecule has 16 heavy (non-hydrogen) atoms. The zero-order valence-electron chi connectivity index (χ0n) is 7.85. The SMILES string of the molecule is Fc1cc(-c2cnc[nH]2)ccc1C(F)(F)F. The van der Waals surface area contributed by atoms with Gasteiger partial charge in [-0.05, 0) is 12.1 Å². The van der Waals surface area contributed by atoms with Crippen molar-refractivity contribution in [3.63, 3.8) is 0 Å². The van der Waals surface area contributed by atoms with E-state index >= 15 is 0 Å². The van der Waals surface area contributed by atoms with Crippen molar-refractivity contribution in [3.8, 4) is 11.3 Å². The van der Waals surface area contributed by atoms with Crippen LogP contribution in [0.5, 0.6) is 0 Å². The lowest BCUT2D eigenvalue weighted by Gasteiger charge is -2.08. The first-order chi connectivity index (χ1) is 7.48. The highest BCUT2D eigenvalue weighted by molar-refractivity contribution is 5.58. The van der Waals surface area contributed by atoms with Crippen LogP contribution >= 0.6 is 0 Å². The number of alkyl halides is 3. The highest BCUT2D eigenvalue weighted by Crippen LogP contribution is 2.32. The lowest BCUT2D eigenvalue weighted by Crippen LogP contribution is -2.07. The van der Waals surface area contributed by atoms with E-state index in [2.05, 4.69) is 9.97 Å². The van der Waals surface area contributed by atoms with Gasteiger partial charge in [0, 0.05) is 5.56 Å². The van der Waals surface area contributed by atoms with E-state index in [0.717, 1.165) is 6.07 Å². The number of aromatic amines is 1. The van der Waals surface area contributed by atoms with Gasteiger partial charge < -0.3 is 4.98 Å². The van der Waals surface area contributed by atoms with E-state index in [1.54, 1.807) is 0 Å². The van der Waals surface area contributed by atoms with Gasteiger partial charge in [-0.3, -0.25) is 0 Å². The Hall–Kier alpha value is -1.85. The quantitative estimate of drug-likeness (QED) is 0.748. The van der Waals surface area contributed by atoms with E-state index in [1.165, 1.54) is 18.6 Å². The number of rotatable bonds is 1. The second-order valence-electron chi connectivity index (χ2n) is 3.16. The van der Waals surface area contributed by atoms with Crippen molar-refractivity contribution in [1.82, 2.24) is 9.97 Å². The number of halogens is 4. The van der Waals surface area contributed by atoms with Crippen LogP contribution in [0.4, 0.5) is 17.6 Å². The average molecular weight is 230 g/mol. The van der Waals surface area contributed by atoms with Gasteiger partial charge >= 0.3 is 6.18 Å². The lowest BCUT2D eigenvalue weighted by atomic mass is 10.1. The molecule has 0 aliphatic rings. The van der Waals surface area contributed by atoms with Crippen molar-refractivity contribution in [2.45, 2.75) is 6.18 Å². The highest BCUT2D eigenvalue weighted by Gasteiger charge is 2.33. The van der Waals surface area contributed by atoms with Crippen LogP contribution < -0.4 is 0 Å². The van der Waals surface area contributed by atoms with Crippen LogP contribution in [0.2, 0.25) is 0 Å². The summed E-state index contributed by atoms with van der Waals surface area (Å²) in [6.45, 7) is 0. The van der Waals surface area contributed by atoms with Crippen molar-refractivity contribution in [3.05, 3.63) is 42.1 Å². The maximum absolute atomic E-state index is 13.2. The molecule has 0 radical (unpaired) electrons. The molecule has 0 fully saturated rings. The second kappa shape index (κ2) is 3.62. The molecule has 1 aromatic carbocycles. The van der Waals surface area contributed by atoms with Crippen molar-refractivity contribution >= 4 is 0 Å². The summed E-state index contributed by atoms with van der Waals surface area (Å²) in [7, 11) is 0. The molecule has 1 aromatic heterocycles. The number of nitrogens with one attached hydrogen (secondary N) is 1. The van der Waals surface area contributed by atoms with E-state index in [1.807, 2.05) is 0 Å². The van der Waals surface area contributed by atoms with Crippen LogP contribution in [0, 0.1) is 5.82 Å². The predicted molar refractivity (Wildman–Crippen MR) is 49.0 cm³/mol. The smallest absolute Gasteiger partial charge is 0.345 e. The van der Waals surface area contributed by atoms with Crippen molar-refractivity contribution in [1.29, 1.82) is 0 Å². The molecule has 6 heteroatoms. The van der Waals surface area contributed by atoms with Crippen LogP contribution in [-0.2, 0) is 6.18 Å². The Bertz CT molecular complexity index is 488. The van der Waals surface area contributed by atoms with Gasteiger partial charge in [0.25, 0.3) is 0 Å². The van der Waals surface area contributed by atoms with Gasteiger partial charge in [-0.1, -0.05) is 6.07 Å². The summed E-state index contributed by atoms with van der Waals surface area (Å²) in [6.07, 6.45) is -1.90. The van der Waals surface area contributed by atoms with Crippen molar-refractivity contribution in [2.24, 2.45) is 0 Å². The van der Waals surface area contributed by atoms with E-state index in [4.69, 9.17) is 0 Å². The molecule has 2 nitrogen and oxygen atoms in total. The number of nitrogens with zero attached hydrogens (tertiary/aromatic N) is 1. The zero-order chi connectivity index (χ0) is 11.8. The molecule has 0 saturated carbocycles. The topological polar surface area (TPSA) is 28.7 Å². The van der Waals surface area contributed by atoms with Gasteiger partial charge in [0.05, 0.1) is 23.8 Å². The average Bonchev–Trinajstić information content (AvgIpc) is 2.68. The van der Waals surface area contributed by atoms with Crippen LogP contribution in [0.15, 0.2) is 30.7 Å². The second-order valence-corrected chi connectivity index (χ2v) is 3.16. The first-order valence-electron chi connectivity index (χ1n) is 4.34. The number of H-pyrrole nitrogens is 1. The molecule has 0 amide bonds. The van der Waals surface area contributed by atoms with Gasteiger partial charge in [-0.25, -0.2) is 9.37 Å². The Morgan fingerprint density at radius 2 is 1.94 bits per heavy atom. The number of imidazole rings is 1. The molecule has 2 aromatic rings. The summed E-state index contributed by atoms with van der Waals surface area (Å²) in [4.78, 5) is 6.38. The molecule has 1 N–H and O–H groups in total. The summed E-state index contributed by atoms with van der Waals surface area (Å²) in [5, 5.41) is 0. The zero-order valence-corrected chi connectivity index (χ0v) is 7.85. The fourth-order valence-electron chi connectivity index (χ4n) is 1.33. The third-order valence-corrected chi connectivity index (χ3v) is 2.08. The van der Waals surface area contributed by atoms with Crippen LogP contribution in [0.1, 0.15) is 5.56 Å². The minimum atomic E-state index is -4.67. The fourth-order valence-corrected chi connectivity index (χ4v) is 1.33. The summed E-state index contributed by atoms with van der Waals surface area (Å²) in [5.74, 6) is -1.29. The molecule has 0 aliphatic heterocycles. The fraction of sp³-hybridized carbons (Fsp3) is 0.100. The summed E-state index contributed by atoms with van der Waals surface area (Å²) < 4.78 is 50.0. The monoisotopic (exact) mass is 230 g/mol. The lowest BCUT2D eigenvalue weighted by molar-refractivity contribution is -0.139. The summed E-state index contributed by atoms with van der Waals surface area (Å²) >= 11 is 0. The van der Waals surface area contributed by atoms with Gasteiger partial charge in [0.2, 0.25) is 0 Å². The first kappa shape index (κ1) is 10.7. The Balaban J connectivity index is 2.45. The third kappa shape index (κ3) is 1.91. The van der Waals surface area contributed by atoms with Crippen molar-refractivity contribution < 1.29 is 17.6 Å². The van der Waals surface area contributed by atoms with E-state index in [9.17, 15) is 17.6 Å². The van der Waals surface area contributed by atoms with Gasteiger partial charge in [0.15, 0.2) is 0 Å². The predicted octanol–water partition coefficient (Wildman–Crippen LogP) is 3.23. The number of aromatic nitrogens is 2. The first-order valence-corrected chi connectivity index (χ1v) is 4.34. The Kier molecular flexibility index (Phi) is 2.41. The van der Waals surface area contributed by atoms with E-state index in [0.29, 0.717) is 17.3 Å². The Morgan fingerprint density at radius 1 is 1.19 bits per heavy atom. The minimum Gasteiger partial charge on any atom is -0.345 e. The number of benzene rings is 1. The largest absolute Gasteiger partial charge is 0.419 e. The molecule has 1 heterocycles. The molecule has 0 saturated heterocycles. The standard InChI is InChI=1S/C10H6F4N2/c11-8-3-6(9-4-15-5-16-9)1-2-7(8)10(12,13)14/h1-5H,(H,15,16). The number of hydrogen-bond donors (Lipinski definition) is 1.